The average Bonchev–Trinajstić information content (AvgIpc) is 2.93. The van der Waals surface area contributed by atoms with Crippen LogP contribution in [0.25, 0.3) is 0 Å². The second-order valence-electron chi connectivity index (χ2n) is 4.80. The molecule has 3 atom stereocenters. The van der Waals surface area contributed by atoms with Gasteiger partial charge in [0.15, 0.2) is 0 Å². The molecule has 0 bridgehead atoms. The number of nitrogens with one attached hydrogen (secondary N) is 1. The normalized spacial score (nSPS) is 25.6. The first-order valence-electron chi connectivity index (χ1n) is 5.78. The van der Waals surface area contributed by atoms with Gasteiger partial charge < -0.3 is 5.73 Å². The summed E-state index contributed by atoms with van der Waals surface area (Å²) in [6.45, 7) is 3.90. The van der Waals surface area contributed by atoms with Crippen LogP contribution in [0.2, 0.25) is 0 Å². The van der Waals surface area contributed by atoms with Crippen LogP contribution in [0.4, 0.5) is 0 Å². The number of rotatable bonds is 4. The standard InChI is InChI=1S/C12H18N2O2S/c1-8-7-12(8)14-17(15,16)11-5-3-10(4-6-11)9(2)13/h3-6,8-9,12,14H,7,13H2,1-2H3. The van der Waals surface area contributed by atoms with Gasteiger partial charge in [0.05, 0.1) is 4.90 Å². The van der Waals surface area contributed by atoms with Gasteiger partial charge >= 0.3 is 0 Å². The minimum absolute atomic E-state index is 0.0804. The fourth-order valence-corrected chi connectivity index (χ4v) is 3.06. The van der Waals surface area contributed by atoms with Crippen molar-refractivity contribution in [3.05, 3.63) is 29.8 Å². The Kier molecular flexibility index (Phi) is 3.25. The van der Waals surface area contributed by atoms with Crippen LogP contribution in [0.1, 0.15) is 31.9 Å². The van der Waals surface area contributed by atoms with Gasteiger partial charge in [-0.05, 0) is 37.0 Å². The van der Waals surface area contributed by atoms with E-state index in [9.17, 15) is 8.42 Å². The Morgan fingerprint density at radius 1 is 1.35 bits per heavy atom. The van der Waals surface area contributed by atoms with Crippen molar-refractivity contribution in [2.45, 2.75) is 37.2 Å². The van der Waals surface area contributed by atoms with Gasteiger partial charge in [-0.15, -0.1) is 0 Å². The van der Waals surface area contributed by atoms with Gasteiger partial charge in [-0.25, -0.2) is 13.1 Å². The highest BCUT2D eigenvalue weighted by Gasteiger charge is 2.36. The highest BCUT2D eigenvalue weighted by atomic mass is 32.2. The van der Waals surface area contributed by atoms with Gasteiger partial charge in [0.1, 0.15) is 0 Å². The fourth-order valence-electron chi connectivity index (χ4n) is 1.70. The molecule has 5 heteroatoms. The number of benzene rings is 1. The number of sulfonamides is 1. The van der Waals surface area contributed by atoms with E-state index in [0.29, 0.717) is 10.8 Å². The Bertz CT molecular complexity index is 494. The second-order valence-corrected chi connectivity index (χ2v) is 6.51. The van der Waals surface area contributed by atoms with Crippen LogP contribution in [-0.2, 0) is 10.0 Å². The zero-order valence-electron chi connectivity index (χ0n) is 10.1. The van der Waals surface area contributed by atoms with Gasteiger partial charge in [-0.3, -0.25) is 0 Å². The molecule has 1 aliphatic carbocycles. The van der Waals surface area contributed by atoms with Gasteiger partial charge in [0, 0.05) is 12.1 Å². The molecule has 94 valence electrons. The third kappa shape index (κ3) is 2.86. The van der Waals surface area contributed by atoms with E-state index in [1.165, 1.54) is 0 Å². The molecular formula is C12H18N2O2S. The highest BCUT2D eigenvalue weighted by Crippen LogP contribution is 2.30. The molecule has 1 saturated carbocycles. The maximum atomic E-state index is 12.0. The SMILES string of the molecule is CC(N)c1ccc(S(=O)(=O)NC2CC2C)cc1. The van der Waals surface area contributed by atoms with Crippen LogP contribution < -0.4 is 10.5 Å². The van der Waals surface area contributed by atoms with E-state index in [0.717, 1.165) is 12.0 Å². The van der Waals surface area contributed by atoms with Crippen molar-refractivity contribution in [1.82, 2.24) is 4.72 Å². The predicted molar refractivity (Wildman–Crippen MR) is 66.9 cm³/mol. The molecule has 3 unspecified atom stereocenters. The molecule has 0 aliphatic heterocycles. The molecule has 0 saturated heterocycles. The Labute approximate surface area is 102 Å². The molecule has 1 aromatic rings. The van der Waals surface area contributed by atoms with E-state index in [1.807, 2.05) is 13.8 Å². The molecule has 0 heterocycles. The van der Waals surface area contributed by atoms with Crippen molar-refractivity contribution in [2.75, 3.05) is 0 Å². The highest BCUT2D eigenvalue weighted by molar-refractivity contribution is 7.89. The molecule has 1 aliphatic rings. The lowest BCUT2D eigenvalue weighted by Gasteiger charge is -2.08. The van der Waals surface area contributed by atoms with Crippen molar-refractivity contribution >= 4 is 10.0 Å². The van der Waals surface area contributed by atoms with E-state index in [-0.39, 0.29) is 12.1 Å². The Morgan fingerprint density at radius 2 is 1.88 bits per heavy atom. The molecule has 1 fully saturated rings. The van der Waals surface area contributed by atoms with Crippen molar-refractivity contribution < 1.29 is 8.42 Å². The molecule has 0 radical (unpaired) electrons. The summed E-state index contributed by atoms with van der Waals surface area (Å²) in [6.07, 6.45) is 0.928. The molecule has 2 rings (SSSR count). The summed E-state index contributed by atoms with van der Waals surface area (Å²) >= 11 is 0. The van der Waals surface area contributed by atoms with Gasteiger partial charge in [0.2, 0.25) is 10.0 Å². The molecule has 0 aromatic heterocycles. The molecule has 0 amide bonds. The quantitative estimate of drug-likeness (QED) is 0.853. The molecule has 17 heavy (non-hydrogen) atoms. The third-order valence-electron chi connectivity index (χ3n) is 3.13. The Morgan fingerprint density at radius 3 is 2.29 bits per heavy atom. The number of nitrogens with two attached hydrogens (primary N) is 1. The van der Waals surface area contributed by atoms with Gasteiger partial charge in [-0.2, -0.15) is 0 Å². The summed E-state index contributed by atoms with van der Waals surface area (Å²) in [5, 5.41) is 0. The van der Waals surface area contributed by atoms with Crippen LogP contribution in [-0.4, -0.2) is 14.5 Å². The van der Waals surface area contributed by atoms with Crippen molar-refractivity contribution in [1.29, 1.82) is 0 Å². The molecule has 3 N–H and O–H groups in total. The topological polar surface area (TPSA) is 72.2 Å². The van der Waals surface area contributed by atoms with E-state index in [1.54, 1.807) is 24.3 Å². The lowest BCUT2D eigenvalue weighted by atomic mass is 10.1. The van der Waals surface area contributed by atoms with Crippen LogP contribution in [0.5, 0.6) is 0 Å². The minimum atomic E-state index is -3.36. The summed E-state index contributed by atoms with van der Waals surface area (Å²) in [5.41, 5.74) is 6.65. The zero-order chi connectivity index (χ0) is 12.6. The predicted octanol–water partition coefficient (Wildman–Crippen LogP) is 1.39. The largest absolute Gasteiger partial charge is 0.324 e. The lowest BCUT2D eigenvalue weighted by Crippen LogP contribution is -2.26. The van der Waals surface area contributed by atoms with Crippen molar-refractivity contribution in [3.8, 4) is 0 Å². The van der Waals surface area contributed by atoms with E-state index in [2.05, 4.69) is 4.72 Å². The second kappa shape index (κ2) is 4.40. The average molecular weight is 254 g/mol. The van der Waals surface area contributed by atoms with Gasteiger partial charge in [0.25, 0.3) is 0 Å². The lowest BCUT2D eigenvalue weighted by molar-refractivity contribution is 0.578. The molecular weight excluding hydrogens is 236 g/mol. The first-order valence-corrected chi connectivity index (χ1v) is 7.26. The van der Waals surface area contributed by atoms with Crippen molar-refractivity contribution in [2.24, 2.45) is 11.7 Å². The van der Waals surface area contributed by atoms with Crippen LogP contribution in [0.3, 0.4) is 0 Å². The van der Waals surface area contributed by atoms with E-state index < -0.39 is 10.0 Å². The Balaban J connectivity index is 2.16. The van der Waals surface area contributed by atoms with Crippen molar-refractivity contribution in [3.63, 3.8) is 0 Å². The minimum Gasteiger partial charge on any atom is -0.324 e. The first-order chi connectivity index (χ1) is 7.90. The summed E-state index contributed by atoms with van der Waals surface area (Å²) in [7, 11) is -3.36. The smallest absolute Gasteiger partial charge is 0.240 e. The van der Waals surface area contributed by atoms with Gasteiger partial charge in [-0.1, -0.05) is 19.1 Å². The molecule has 4 nitrogen and oxygen atoms in total. The summed E-state index contributed by atoms with van der Waals surface area (Å²) in [5.74, 6) is 0.452. The maximum absolute atomic E-state index is 12.0. The van der Waals surface area contributed by atoms with E-state index >= 15 is 0 Å². The third-order valence-corrected chi connectivity index (χ3v) is 4.64. The first kappa shape index (κ1) is 12.5. The zero-order valence-corrected chi connectivity index (χ0v) is 10.9. The molecule has 1 aromatic carbocycles. The summed E-state index contributed by atoms with van der Waals surface area (Å²) in [4.78, 5) is 0.306. The molecule has 0 spiro atoms. The monoisotopic (exact) mass is 254 g/mol. The fraction of sp³-hybridized carbons (Fsp3) is 0.500. The summed E-state index contributed by atoms with van der Waals surface area (Å²) in [6, 6.07) is 6.75. The number of hydrogen-bond donors (Lipinski definition) is 2. The van der Waals surface area contributed by atoms with E-state index in [4.69, 9.17) is 5.73 Å². The van der Waals surface area contributed by atoms with Crippen LogP contribution in [0.15, 0.2) is 29.2 Å². The Hall–Kier alpha value is -0.910. The van der Waals surface area contributed by atoms with Crippen LogP contribution >= 0.6 is 0 Å². The summed E-state index contributed by atoms with van der Waals surface area (Å²) < 4.78 is 26.6. The van der Waals surface area contributed by atoms with Crippen LogP contribution in [0, 0.1) is 5.92 Å². The maximum Gasteiger partial charge on any atom is 0.240 e. The number of hydrogen-bond acceptors (Lipinski definition) is 3.